The zero-order valence-corrected chi connectivity index (χ0v) is 14.5. The van der Waals surface area contributed by atoms with E-state index < -0.39 is 11.2 Å². The molecule has 3 N–H and O–H groups in total. The molecular formula is C18H25N3O4. The van der Waals surface area contributed by atoms with Crippen molar-refractivity contribution in [2.45, 2.75) is 57.6 Å². The third kappa shape index (κ3) is 2.94. The van der Waals surface area contributed by atoms with Crippen molar-refractivity contribution in [3.63, 3.8) is 0 Å². The molecule has 1 aliphatic heterocycles. The first-order chi connectivity index (χ1) is 12.0. The normalized spacial score (nSPS) is 31.6. The van der Waals surface area contributed by atoms with Crippen molar-refractivity contribution < 1.29 is 9.53 Å². The highest BCUT2D eigenvalue weighted by Gasteiger charge is 2.56. The van der Waals surface area contributed by atoms with E-state index in [4.69, 9.17) is 4.74 Å². The van der Waals surface area contributed by atoms with Crippen molar-refractivity contribution in [3.8, 4) is 0 Å². The van der Waals surface area contributed by atoms with E-state index in [1.807, 2.05) is 0 Å². The number of fused-ring (bicyclic) bond motifs is 1. The van der Waals surface area contributed by atoms with Gasteiger partial charge in [0.05, 0.1) is 12.5 Å². The summed E-state index contributed by atoms with van der Waals surface area (Å²) in [5, 5.41) is 3.17. The number of aromatic amines is 2. The van der Waals surface area contributed by atoms with Crippen molar-refractivity contribution in [1.82, 2.24) is 15.3 Å². The first-order valence-corrected chi connectivity index (χ1v) is 9.27. The van der Waals surface area contributed by atoms with Gasteiger partial charge in [-0.1, -0.05) is 25.7 Å². The Bertz CT molecular complexity index is 773. The zero-order chi connectivity index (χ0) is 17.6. The van der Waals surface area contributed by atoms with Crippen molar-refractivity contribution in [2.75, 3.05) is 6.61 Å². The average molecular weight is 347 g/mol. The maximum atomic E-state index is 12.6. The molecule has 136 valence electrons. The SMILES string of the molecule is Cc1[nH]c(=O)[nH]c(=O)c1CC(=O)NC1C2CCOC2C1C1CCCC1. The van der Waals surface area contributed by atoms with Crippen LogP contribution in [-0.4, -0.2) is 34.6 Å². The summed E-state index contributed by atoms with van der Waals surface area (Å²) in [7, 11) is 0. The van der Waals surface area contributed by atoms with Crippen LogP contribution >= 0.6 is 0 Å². The van der Waals surface area contributed by atoms with Crippen LogP contribution < -0.4 is 16.6 Å². The third-order valence-electron chi connectivity index (χ3n) is 6.30. The Balaban J connectivity index is 1.46. The number of hydrogen-bond acceptors (Lipinski definition) is 4. The predicted octanol–water partition coefficient (Wildman–Crippen LogP) is 0.624. The Hall–Kier alpha value is -1.89. The van der Waals surface area contributed by atoms with Crippen LogP contribution in [0, 0.1) is 24.7 Å². The Kier molecular flexibility index (Phi) is 4.27. The molecule has 0 aromatic carbocycles. The van der Waals surface area contributed by atoms with Crippen molar-refractivity contribution in [2.24, 2.45) is 17.8 Å². The molecule has 3 fully saturated rings. The maximum Gasteiger partial charge on any atom is 0.325 e. The predicted molar refractivity (Wildman–Crippen MR) is 91.4 cm³/mol. The number of carbonyl (C=O) groups is 1. The molecule has 4 atom stereocenters. The number of nitrogens with one attached hydrogen (secondary N) is 3. The van der Waals surface area contributed by atoms with Crippen LogP contribution in [0.4, 0.5) is 0 Å². The standard InChI is InChI=1S/C18H25N3O4/c1-9-12(17(23)21-18(24)19-9)8-13(22)20-15-11-6-7-25-16(11)14(15)10-4-2-3-5-10/h10-11,14-16H,2-8H2,1H3,(H,20,22)(H2,19,21,23,24). The molecular weight excluding hydrogens is 322 g/mol. The summed E-state index contributed by atoms with van der Waals surface area (Å²) in [4.78, 5) is 40.5. The fourth-order valence-electron chi connectivity index (χ4n) is 5.10. The molecule has 0 spiro atoms. The quantitative estimate of drug-likeness (QED) is 0.743. The van der Waals surface area contributed by atoms with Gasteiger partial charge in [-0.2, -0.15) is 0 Å². The van der Waals surface area contributed by atoms with E-state index in [2.05, 4.69) is 15.3 Å². The number of rotatable bonds is 4. The number of aryl methyl sites for hydroxylation is 1. The topological polar surface area (TPSA) is 104 Å². The smallest absolute Gasteiger partial charge is 0.325 e. The van der Waals surface area contributed by atoms with E-state index >= 15 is 0 Å². The lowest BCUT2D eigenvalue weighted by Crippen LogP contribution is -2.63. The molecule has 7 nitrogen and oxygen atoms in total. The van der Waals surface area contributed by atoms with Crippen molar-refractivity contribution >= 4 is 5.91 Å². The van der Waals surface area contributed by atoms with E-state index in [0.29, 0.717) is 35.1 Å². The lowest BCUT2D eigenvalue weighted by molar-refractivity contribution is -0.129. The minimum absolute atomic E-state index is 0.00984. The minimum atomic E-state index is -0.544. The summed E-state index contributed by atoms with van der Waals surface area (Å²) in [6, 6.07) is 0.158. The minimum Gasteiger partial charge on any atom is -0.377 e. The van der Waals surface area contributed by atoms with Crippen LogP contribution in [0.5, 0.6) is 0 Å². The van der Waals surface area contributed by atoms with Gasteiger partial charge in [0.15, 0.2) is 0 Å². The van der Waals surface area contributed by atoms with Gasteiger partial charge in [0.25, 0.3) is 5.56 Å². The van der Waals surface area contributed by atoms with Crippen LogP contribution in [0.15, 0.2) is 9.59 Å². The molecule has 2 saturated carbocycles. The number of aromatic nitrogens is 2. The molecule has 1 saturated heterocycles. The Morgan fingerprint density at radius 2 is 1.96 bits per heavy atom. The van der Waals surface area contributed by atoms with Gasteiger partial charge in [-0.05, 0) is 19.3 Å². The molecule has 2 aliphatic carbocycles. The van der Waals surface area contributed by atoms with E-state index in [1.165, 1.54) is 25.7 Å². The molecule has 4 unspecified atom stereocenters. The molecule has 0 bridgehead atoms. The van der Waals surface area contributed by atoms with Gasteiger partial charge in [0.1, 0.15) is 0 Å². The van der Waals surface area contributed by atoms with Crippen LogP contribution in [-0.2, 0) is 16.0 Å². The number of carbonyl (C=O) groups excluding carboxylic acids is 1. The number of amides is 1. The highest BCUT2D eigenvalue weighted by Crippen LogP contribution is 2.51. The maximum absolute atomic E-state index is 12.6. The van der Waals surface area contributed by atoms with Gasteiger partial charge in [0.2, 0.25) is 5.91 Å². The van der Waals surface area contributed by atoms with Gasteiger partial charge >= 0.3 is 5.69 Å². The summed E-state index contributed by atoms with van der Waals surface area (Å²) < 4.78 is 5.91. The summed E-state index contributed by atoms with van der Waals surface area (Å²) in [5.74, 6) is 1.31. The molecule has 25 heavy (non-hydrogen) atoms. The molecule has 3 aliphatic rings. The zero-order valence-electron chi connectivity index (χ0n) is 14.5. The second-order valence-electron chi connectivity index (χ2n) is 7.69. The molecule has 4 rings (SSSR count). The van der Waals surface area contributed by atoms with Crippen LogP contribution in [0.25, 0.3) is 0 Å². The van der Waals surface area contributed by atoms with Crippen LogP contribution in [0.3, 0.4) is 0 Å². The van der Waals surface area contributed by atoms with E-state index in [-0.39, 0.29) is 18.4 Å². The van der Waals surface area contributed by atoms with Gasteiger partial charge in [-0.25, -0.2) is 4.79 Å². The van der Waals surface area contributed by atoms with Crippen LogP contribution in [0.2, 0.25) is 0 Å². The molecule has 1 amide bonds. The third-order valence-corrected chi connectivity index (χ3v) is 6.30. The van der Waals surface area contributed by atoms with Gasteiger partial charge in [-0.3, -0.25) is 14.6 Å². The number of ether oxygens (including phenoxy) is 1. The first-order valence-electron chi connectivity index (χ1n) is 9.27. The second kappa shape index (κ2) is 6.44. The highest BCUT2D eigenvalue weighted by molar-refractivity contribution is 5.79. The van der Waals surface area contributed by atoms with Crippen LogP contribution in [0.1, 0.15) is 43.4 Å². The number of hydrogen-bond donors (Lipinski definition) is 3. The molecule has 1 aromatic rings. The largest absolute Gasteiger partial charge is 0.377 e. The molecule has 0 radical (unpaired) electrons. The lowest BCUT2D eigenvalue weighted by Gasteiger charge is -2.50. The highest BCUT2D eigenvalue weighted by atomic mass is 16.5. The van der Waals surface area contributed by atoms with E-state index in [0.717, 1.165) is 13.0 Å². The molecule has 7 heteroatoms. The summed E-state index contributed by atoms with van der Waals surface area (Å²) in [6.45, 7) is 2.42. The average Bonchev–Trinajstić information content (AvgIpc) is 3.19. The number of H-pyrrole nitrogens is 2. The van der Waals surface area contributed by atoms with Gasteiger partial charge in [-0.15, -0.1) is 0 Å². The van der Waals surface area contributed by atoms with Gasteiger partial charge < -0.3 is 15.0 Å². The summed E-state index contributed by atoms with van der Waals surface area (Å²) in [5.41, 5.74) is -0.252. The fourth-order valence-corrected chi connectivity index (χ4v) is 5.10. The Labute approximate surface area is 145 Å². The fraction of sp³-hybridized carbons (Fsp3) is 0.722. The lowest BCUT2D eigenvalue weighted by atomic mass is 9.61. The van der Waals surface area contributed by atoms with Crippen molar-refractivity contribution in [1.29, 1.82) is 0 Å². The van der Waals surface area contributed by atoms with E-state index in [9.17, 15) is 14.4 Å². The van der Waals surface area contributed by atoms with Crippen molar-refractivity contribution in [3.05, 3.63) is 32.1 Å². The Morgan fingerprint density at radius 1 is 1.20 bits per heavy atom. The molecule has 2 heterocycles. The summed E-state index contributed by atoms with van der Waals surface area (Å²) in [6.07, 6.45) is 6.27. The molecule has 1 aromatic heterocycles. The second-order valence-corrected chi connectivity index (χ2v) is 7.69. The van der Waals surface area contributed by atoms with Gasteiger partial charge in [0, 0.05) is 35.7 Å². The summed E-state index contributed by atoms with van der Waals surface area (Å²) >= 11 is 0. The van der Waals surface area contributed by atoms with E-state index in [1.54, 1.807) is 6.92 Å². The Morgan fingerprint density at radius 3 is 2.68 bits per heavy atom. The first kappa shape index (κ1) is 16.6. The monoisotopic (exact) mass is 347 g/mol.